The van der Waals surface area contributed by atoms with Crippen molar-refractivity contribution >= 4 is 11.5 Å². The summed E-state index contributed by atoms with van der Waals surface area (Å²) in [4.78, 5) is 12.8. The molecule has 1 heterocycles. The van der Waals surface area contributed by atoms with E-state index in [1.165, 1.54) is 0 Å². The number of fused-ring (bicyclic) bond motifs is 1. The molecule has 1 N–H and O–H groups in total. The topological polar surface area (TPSA) is 119 Å². The number of benzene rings is 2. The number of carbonyl (C=O) groups excluding carboxylic acids is 1. The van der Waals surface area contributed by atoms with Gasteiger partial charge in [-0.15, -0.1) is 0 Å². The van der Waals surface area contributed by atoms with Crippen molar-refractivity contribution in [2.24, 2.45) is 0 Å². The lowest BCUT2D eigenvalue weighted by molar-refractivity contribution is 0.103. The van der Waals surface area contributed by atoms with Crippen LogP contribution in [0.25, 0.3) is 0 Å². The Morgan fingerprint density at radius 1 is 0.889 bits per heavy atom. The van der Waals surface area contributed by atoms with Crippen LogP contribution in [-0.4, -0.2) is 19.0 Å². The molecule has 0 saturated heterocycles. The van der Waals surface area contributed by atoms with E-state index in [0.29, 0.717) is 41.5 Å². The number of ether oxygens (including phenoxy) is 2. The summed E-state index contributed by atoms with van der Waals surface area (Å²) in [7, 11) is 0. The van der Waals surface area contributed by atoms with Gasteiger partial charge in [0.05, 0.1) is 0 Å². The van der Waals surface area contributed by atoms with Gasteiger partial charge in [0.25, 0.3) is 0 Å². The molecule has 7 nitrogen and oxygen atoms in total. The van der Waals surface area contributed by atoms with Crippen molar-refractivity contribution < 1.29 is 14.3 Å². The highest BCUT2D eigenvalue weighted by Crippen LogP contribution is 2.31. The summed E-state index contributed by atoms with van der Waals surface area (Å²) in [5, 5.41) is 29.6. The summed E-state index contributed by atoms with van der Waals surface area (Å²) in [5.74, 6) is 0.875. The fourth-order valence-corrected chi connectivity index (χ4v) is 2.52. The van der Waals surface area contributed by atoms with Gasteiger partial charge in [0.2, 0.25) is 0 Å². The zero-order valence-corrected chi connectivity index (χ0v) is 14.0. The highest BCUT2D eigenvalue weighted by Gasteiger charge is 2.16. The second-order valence-electron chi connectivity index (χ2n) is 5.48. The van der Waals surface area contributed by atoms with Crippen molar-refractivity contribution in [2.75, 3.05) is 18.5 Å². The van der Waals surface area contributed by atoms with Crippen molar-refractivity contribution in [1.29, 1.82) is 15.8 Å². The second kappa shape index (κ2) is 7.74. The molecule has 1 aliphatic heterocycles. The Hall–Kier alpha value is -4.28. The van der Waals surface area contributed by atoms with E-state index in [0.717, 1.165) is 0 Å². The molecule has 2 aromatic carbocycles. The molecule has 0 radical (unpaired) electrons. The molecule has 0 atom stereocenters. The van der Waals surface area contributed by atoms with Crippen LogP contribution in [0, 0.1) is 34.0 Å². The predicted molar refractivity (Wildman–Crippen MR) is 94.8 cm³/mol. The van der Waals surface area contributed by atoms with Gasteiger partial charge in [-0.25, -0.2) is 0 Å². The molecule has 0 fully saturated rings. The van der Waals surface area contributed by atoms with E-state index < -0.39 is 0 Å². The maximum absolute atomic E-state index is 12.8. The molecule has 0 unspecified atom stereocenters. The molecule has 0 saturated carbocycles. The minimum atomic E-state index is -0.332. The molecule has 0 amide bonds. The van der Waals surface area contributed by atoms with E-state index in [1.807, 2.05) is 0 Å². The lowest BCUT2D eigenvalue weighted by atomic mass is 10.0. The third-order valence-electron chi connectivity index (χ3n) is 3.78. The van der Waals surface area contributed by atoms with Gasteiger partial charge >= 0.3 is 0 Å². The van der Waals surface area contributed by atoms with Crippen LogP contribution in [-0.2, 0) is 0 Å². The van der Waals surface area contributed by atoms with E-state index in [-0.39, 0.29) is 17.1 Å². The Morgan fingerprint density at radius 3 is 2.30 bits per heavy atom. The van der Waals surface area contributed by atoms with Crippen LogP contribution in [0.1, 0.15) is 15.9 Å². The molecule has 130 valence electrons. The van der Waals surface area contributed by atoms with Gasteiger partial charge < -0.3 is 14.8 Å². The number of nitriles is 3. The van der Waals surface area contributed by atoms with Gasteiger partial charge in [0, 0.05) is 16.8 Å². The van der Waals surface area contributed by atoms with Crippen molar-refractivity contribution in [3.05, 3.63) is 64.9 Å². The molecular weight excluding hydrogens is 344 g/mol. The van der Waals surface area contributed by atoms with Crippen LogP contribution in [0.5, 0.6) is 11.5 Å². The third-order valence-corrected chi connectivity index (χ3v) is 3.78. The van der Waals surface area contributed by atoms with Gasteiger partial charge in [-0.05, 0) is 30.3 Å². The second-order valence-corrected chi connectivity index (χ2v) is 5.48. The Bertz CT molecular complexity index is 1050. The van der Waals surface area contributed by atoms with Crippen LogP contribution in [0.2, 0.25) is 0 Å². The van der Waals surface area contributed by atoms with Crippen LogP contribution in [0.3, 0.4) is 0 Å². The summed E-state index contributed by atoms with van der Waals surface area (Å²) in [6.07, 6.45) is 0. The van der Waals surface area contributed by atoms with Crippen LogP contribution < -0.4 is 14.8 Å². The van der Waals surface area contributed by atoms with Crippen molar-refractivity contribution in [1.82, 2.24) is 0 Å². The zero-order valence-electron chi connectivity index (χ0n) is 14.0. The Labute approximate surface area is 155 Å². The molecule has 0 spiro atoms. The lowest BCUT2D eigenvalue weighted by Crippen LogP contribution is -2.16. The highest BCUT2D eigenvalue weighted by atomic mass is 16.6. The minimum absolute atomic E-state index is 0.177. The fraction of sp³-hybridized carbons (Fsp3) is 0.100. The molecular formula is C20H12N4O3. The number of nitrogens with zero attached hydrogens (tertiary/aromatic N) is 3. The summed E-state index contributed by atoms with van der Waals surface area (Å²) in [5.41, 5.74) is 0.717. The maximum atomic E-state index is 12.8. The predicted octanol–water partition coefficient (Wildman–Crippen LogP) is 2.93. The average molecular weight is 356 g/mol. The Kier molecular flexibility index (Phi) is 5.03. The molecule has 0 aromatic heterocycles. The van der Waals surface area contributed by atoms with E-state index in [9.17, 15) is 4.79 Å². The summed E-state index contributed by atoms with van der Waals surface area (Å²) >= 11 is 0. The number of anilines is 1. The first-order chi connectivity index (χ1) is 13.2. The largest absolute Gasteiger partial charge is 0.486 e. The van der Waals surface area contributed by atoms with Crippen molar-refractivity contribution in [3.63, 3.8) is 0 Å². The minimum Gasteiger partial charge on any atom is -0.486 e. The Morgan fingerprint density at radius 2 is 1.59 bits per heavy atom. The number of hydrogen-bond acceptors (Lipinski definition) is 7. The number of carbonyl (C=O) groups is 1. The number of hydrogen-bond donors (Lipinski definition) is 1. The molecule has 3 rings (SSSR count). The summed E-state index contributed by atoms with van der Waals surface area (Å²) < 4.78 is 10.9. The smallest absolute Gasteiger partial charge is 0.193 e. The van der Waals surface area contributed by atoms with Crippen LogP contribution in [0.4, 0.5) is 5.69 Å². The van der Waals surface area contributed by atoms with Crippen LogP contribution in [0.15, 0.2) is 53.7 Å². The number of ketones is 1. The van der Waals surface area contributed by atoms with Gasteiger partial charge in [0.15, 0.2) is 22.9 Å². The summed E-state index contributed by atoms with van der Waals surface area (Å²) in [6.45, 7) is 0.892. The lowest BCUT2D eigenvalue weighted by Gasteiger charge is -2.18. The van der Waals surface area contributed by atoms with Gasteiger partial charge in [-0.2, -0.15) is 15.8 Å². The molecule has 1 aliphatic rings. The SMILES string of the molecule is N#CC(C#N)=C(C#N)Nc1cccc(C(=O)c2ccc3c(c2)OCCO3)c1. The van der Waals surface area contributed by atoms with Gasteiger partial charge in [-0.1, -0.05) is 12.1 Å². The van der Waals surface area contributed by atoms with Crippen molar-refractivity contribution in [3.8, 4) is 29.7 Å². The first kappa shape index (κ1) is 17.5. The monoisotopic (exact) mass is 356 g/mol. The van der Waals surface area contributed by atoms with Gasteiger partial charge in [-0.3, -0.25) is 4.79 Å². The number of allylic oxidation sites excluding steroid dienone is 2. The van der Waals surface area contributed by atoms with Crippen LogP contribution >= 0.6 is 0 Å². The molecule has 0 aliphatic carbocycles. The standard InChI is InChI=1S/C20H12N4O3/c21-10-15(11-22)17(12-23)24-16-3-1-2-13(8-16)20(25)14-4-5-18-19(9-14)27-7-6-26-18/h1-5,8-9,24H,6-7H2. The maximum Gasteiger partial charge on any atom is 0.193 e. The first-order valence-corrected chi connectivity index (χ1v) is 7.92. The van der Waals surface area contributed by atoms with Gasteiger partial charge in [0.1, 0.15) is 37.1 Å². The number of rotatable bonds is 4. The number of nitrogens with one attached hydrogen (secondary N) is 1. The van der Waals surface area contributed by atoms with E-state index >= 15 is 0 Å². The highest BCUT2D eigenvalue weighted by molar-refractivity contribution is 6.09. The van der Waals surface area contributed by atoms with Crippen molar-refractivity contribution in [2.45, 2.75) is 0 Å². The van der Waals surface area contributed by atoms with E-state index in [1.54, 1.807) is 60.7 Å². The summed E-state index contributed by atoms with van der Waals surface area (Å²) in [6, 6.07) is 16.5. The normalized spacial score (nSPS) is 11.3. The molecule has 27 heavy (non-hydrogen) atoms. The zero-order chi connectivity index (χ0) is 19.2. The molecule has 0 bridgehead atoms. The molecule has 2 aromatic rings. The van der Waals surface area contributed by atoms with E-state index in [2.05, 4.69) is 5.32 Å². The molecule has 7 heteroatoms. The van der Waals surface area contributed by atoms with E-state index in [4.69, 9.17) is 25.3 Å². The quantitative estimate of drug-likeness (QED) is 0.660. The third kappa shape index (κ3) is 3.71. The average Bonchev–Trinajstić information content (AvgIpc) is 2.73. The fourth-order valence-electron chi connectivity index (χ4n) is 2.52. The Balaban J connectivity index is 1.89. The first-order valence-electron chi connectivity index (χ1n) is 7.92.